The van der Waals surface area contributed by atoms with Crippen molar-refractivity contribution in [2.45, 2.75) is 13.3 Å². The number of amides is 1. The molecule has 0 radical (unpaired) electrons. The number of carbonyl (C=O) groups excluding carboxylic acids is 1. The molecule has 1 aromatic rings. The SMILES string of the molecule is CCCNC(=O)c1cccc(Cl)c1. The fraction of sp³-hybridized carbons (Fsp3) is 0.300. The highest BCUT2D eigenvalue weighted by Crippen LogP contribution is 2.10. The van der Waals surface area contributed by atoms with Gasteiger partial charge in [0.2, 0.25) is 0 Å². The molecule has 0 heterocycles. The molecule has 70 valence electrons. The van der Waals surface area contributed by atoms with Crippen LogP contribution in [-0.4, -0.2) is 12.5 Å². The van der Waals surface area contributed by atoms with Crippen LogP contribution in [0.1, 0.15) is 23.7 Å². The standard InChI is InChI=1S/C10H12ClNO/c1-2-6-12-10(13)8-4-3-5-9(11)7-8/h3-5,7H,2,6H2,1H3,(H,12,13). The zero-order valence-electron chi connectivity index (χ0n) is 7.51. The van der Waals surface area contributed by atoms with Gasteiger partial charge >= 0.3 is 0 Å². The van der Waals surface area contributed by atoms with Gasteiger partial charge in [-0.15, -0.1) is 0 Å². The second kappa shape index (κ2) is 4.87. The van der Waals surface area contributed by atoms with Gasteiger partial charge in [-0.1, -0.05) is 24.6 Å². The van der Waals surface area contributed by atoms with Gasteiger partial charge in [0, 0.05) is 17.1 Å². The molecular weight excluding hydrogens is 186 g/mol. The molecule has 1 rings (SSSR count). The number of hydrogen-bond donors (Lipinski definition) is 1. The van der Waals surface area contributed by atoms with Crippen molar-refractivity contribution in [2.24, 2.45) is 0 Å². The first-order valence-corrected chi connectivity index (χ1v) is 4.65. The van der Waals surface area contributed by atoms with Gasteiger partial charge in [-0.05, 0) is 24.6 Å². The first-order valence-electron chi connectivity index (χ1n) is 4.28. The van der Waals surface area contributed by atoms with E-state index in [2.05, 4.69) is 5.32 Å². The Bertz CT molecular complexity index is 299. The van der Waals surface area contributed by atoms with E-state index in [0.717, 1.165) is 6.42 Å². The van der Waals surface area contributed by atoms with Crippen molar-refractivity contribution in [3.05, 3.63) is 34.9 Å². The summed E-state index contributed by atoms with van der Waals surface area (Å²) in [6.45, 7) is 2.71. The zero-order chi connectivity index (χ0) is 9.68. The van der Waals surface area contributed by atoms with E-state index < -0.39 is 0 Å². The van der Waals surface area contributed by atoms with Gasteiger partial charge in [0.15, 0.2) is 0 Å². The summed E-state index contributed by atoms with van der Waals surface area (Å²) in [6, 6.07) is 6.92. The summed E-state index contributed by atoms with van der Waals surface area (Å²) >= 11 is 5.74. The van der Waals surface area contributed by atoms with Crippen molar-refractivity contribution in [1.29, 1.82) is 0 Å². The number of rotatable bonds is 3. The maximum atomic E-state index is 11.4. The fourth-order valence-corrected chi connectivity index (χ4v) is 1.16. The molecule has 0 spiro atoms. The minimum absolute atomic E-state index is 0.0654. The van der Waals surface area contributed by atoms with Crippen molar-refractivity contribution in [3.8, 4) is 0 Å². The predicted molar refractivity (Wildman–Crippen MR) is 54.1 cm³/mol. The minimum Gasteiger partial charge on any atom is -0.352 e. The number of carbonyl (C=O) groups is 1. The quantitative estimate of drug-likeness (QED) is 0.793. The molecule has 0 aromatic heterocycles. The van der Waals surface area contributed by atoms with E-state index in [1.165, 1.54) is 0 Å². The van der Waals surface area contributed by atoms with Crippen LogP contribution in [0.15, 0.2) is 24.3 Å². The molecule has 0 unspecified atom stereocenters. The lowest BCUT2D eigenvalue weighted by Crippen LogP contribution is -2.23. The Morgan fingerprint density at radius 3 is 2.92 bits per heavy atom. The van der Waals surface area contributed by atoms with E-state index in [4.69, 9.17) is 11.6 Å². The fourth-order valence-electron chi connectivity index (χ4n) is 0.970. The maximum Gasteiger partial charge on any atom is 0.251 e. The van der Waals surface area contributed by atoms with Crippen LogP contribution in [0.3, 0.4) is 0 Å². The van der Waals surface area contributed by atoms with E-state index in [9.17, 15) is 4.79 Å². The Labute approximate surface area is 82.9 Å². The molecule has 0 aliphatic carbocycles. The summed E-state index contributed by atoms with van der Waals surface area (Å²) in [4.78, 5) is 11.4. The van der Waals surface area contributed by atoms with Gasteiger partial charge in [-0.25, -0.2) is 0 Å². The molecule has 0 bridgehead atoms. The summed E-state index contributed by atoms with van der Waals surface area (Å²) in [7, 11) is 0. The van der Waals surface area contributed by atoms with E-state index >= 15 is 0 Å². The molecule has 0 aliphatic heterocycles. The van der Waals surface area contributed by atoms with Gasteiger partial charge < -0.3 is 5.32 Å². The molecule has 0 saturated heterocycles. The van der Waals surface area contributed by atoms with Gasteiger partial charge in [0.1, 0.15) is 0 Å². The van der Waals surface area contributed by atoms with Crippen molar-refractivity contribution in [2.75, 3.05) is 6.54 Å². The first-order chi connectivity index (χ1) is 6.24. The number of halogens is 1. The highest BCUT2D eigenvalue weighted by atomic mass is 35.5. The third-order valence-electron chi connectivity index (χ3n) is 1.62. The van der Waals surface area contributed by atoms with Gasteiger partial charge in [0.05, 0.1) is 0 Å². The van der Waals surface area contributed by atoms with Crippen molar-refractivity contribution < 1.29 is 4.79 Å². The van der Waals surface area contributed by atoms with Crippen LogP contribution < -0.4 is 5.32 Å². The number of nitrogens with one attached hydrogen (secondary N) is 1. The average molecular weight is 198 g/mol. The highest BCUT2D eigenvalue weighted by Gasteiger charge is 2.03. The highest BCUT2D eigenvalue weighted by molar-refractivity contribution is 6.30. The smallest absolute Gasteiger partial charge is 0.251 e. The Hall–Kier alpha value is -1.02. The summed E-state index contributed by atoms with van der Waals surface area (Å²) in [5.74, 6) is -0.0654. The summed E-state index contributed by atoms with van der Waals surface area (Å²) in [5, 5.41) is 3.37. The Morgan fingerprint density at radius 1 is 1.54 bits per heavy atom. The molecule has 0 fully saturated rings. The molecule has 13 heavy (non-hydrogen) atoms. The summed E-state index contributed by atoms with van der Waals surface area (Å²) in [5.41, 5.74) is 0.612. The van der Waals surface area contributed by atoms with Crippen LogP contribution in [0, 0.1) is 0 Å². The Morgan fingerprint density at radius 2 is 2.31 bits per heavy atom. The molecule has 2 nitrogen and oxygen atoms in total. The van der Waals surface area contributed by atoms with E-state index in [1.54, 1.807) is 24.3 Å². The Balaban J connectivity index is 2.66. The topological polar surface area (TPSA) is 29.1 Å². The van der Waals surface area contributed by atoms with Crippen LogP contribution in [0.5, 0.6) is 0 Å². The maximum absolute atomic E-state index is 11.4. The second-order valence-corrected chi connectivity index (χ2v) is 3.20. The predicted octanol–water partition coefficient (Wildman–Crippen LogP) is 2.48. The van der Waals surface area contributed by atoms with Crippen LogP contribution in [0.4, 0.5) is 0 Å². The van der Waals surface area contributed by atoms with Crippen molar-refractivity contribution in [1.82, 2.24) is 5.32 Å². The van der Waals surface area contributed by atoms with E-state index in [-0.39, 0.29) is 5.91 Å². The van der Waals surface area contributed by atoms with Crippen LogP contribution in [-0.2, 0) is 0 Å². The van der Waals surface area contributed by atoms with Crippen LogP contribution >= 0.6 is 11.6 Å². The molecule has 0 atom stereocenters. The molecule has 1 amide bonds. The summed E-state index contributed by atoms with van der Waals surface area (Å²) in [6.07, 6.45) is 0.937. The molecule has 1 aromatic carbocycles. The number of hydrogen-bond acceptors (Lipinski definition) is 1. The molecular formula is C10H12ClNO. The zero-order valence-corrected chi connectivity index (χ0v) is 8.27. The van der Waals surface area contributed by atoms with Gasteiger partial charge in [-0.3, -0.25) is 4.79 Å². The molecule has 0 saturated carbocycles. The molecule has 3 heteroatoms. The average Bonchev–Trinajstić information content (AvgIpc) is 2.14. The lowest BCUT2D eigenvalue weighted by molar-refractivity contribution is 0.0953. The lowest BCUT2D eigenvalue weighted by Gasteiger charge is -2.02. The monoisotopic (exact) mass is 197 g/mol. The van der Waals surface area contributed by atoms with Gasteiger partial charge in [0.25, 0.3) is 5.91 Å². The number of benzene rings is 1. The molecule has 1 N–H and O–H groups in total. The van der Waals surface area contributed by atoms with Crippen LogP contribution in [0.2, 0.25) is 5.02 Å². The normalized spacial score (nSPS) is 9.69. The van der Waals surface area contributed by atoms with Gasteiger partial charge in [-0.2, -0.15) is 0 Å². The second-order valence-electron chi connectivity index (χ2n) is 2.77. The van der Waals surface area contributed by atoms with E-state index in [0.29, 0.717) is 17.1 Å². The largest absolute Gasteiger partial charge is 0.352 e. The van der Waals surface area contributed by atoms with Crippen molar-refractivity contribution in [3.63, 3.8) is 0 Å². The summed E-state index contributed by atoms with van der Waals surface area (Å²) < 4.78 is 0. The minimum atomic E-state index is -0.0654. The third-order valence-corrected chi connectivity index (χ3v) is 1.86. The Kier molecular flexibility index (Phi) is 3.77. The first kappa shape index (κ1) is 10.1. The lowest BCUT2D eigenvalue weighted by atomic mass is 10.2. The third kappa shape index (κ3) is 3.07. The van der Waals surface area contributed by atoms with E-state index in [1.807, 2.05) is 6.92 Å². The van der Waals surface area contributed by atoms with Crippen LogP contribution in [0.25, 0.3) is 0 Å². The van der Waals surface area contributed by atoms with Crippen molar-refractivity contribution >= 4 is 17.5 Å². The molecule has 0 aliphatic rings.